The van der Waals surface area contributed by atoms with Gasteiger partial charge in [0.05, 0.1) is 31.5 Å². The predicted molar refractivity (Wildman–Crippen MR) is 203 cm³/mol. The van der Waals surface area contributed by atoms with Crippen LogP contribution in [0.5, 0.6) is 0 Å². The van der Waals surface area contributed by atoms with Crippen LogP contribution >= 0.6 is 0 Å². The summed E-state index contributed by atoms with van der Waals surface area (Å²) in [4.78, 5) is 43.1. The summed E-state index contributed by atoms with van der Waals surface area (Å²) in [7, 11) is 2.46. The molecular formula is C42H43N3O13. The summed E-state index contributed by atoms with van der Waals surface area (Å²) >= 11 is 0. The van der Waals surface area contributed by atoms with E-state index in [2.05, 4.69) is 10.0 Å². The number of esters is 3. The number of azide groups is 1. The lowest BCUT2D eigenvalue weighted by Crippen LogP contribution is -2.66. The molecule has 2 aliphatic heterocycles. The molecule has 2 heterocycles. The fourth-order valence-electron chi connectivity index (χ4n) is 6.59. The number of rotatable bonds is 16. The number of hydrogen-bond acceptors (Lipinski definition) is 14. The second-order valence-corrected chi connectivity index (χ2v) is 13.2. The van der Waals surface area contributed by atoms with E-state index >= 15 is 0 Å². The monoisotopic (exact) mass is 797 g/mol. The average Bonchev–Trinajstić information content (AvgIpc) is 3.27. The summed E-state index contributed by atoms with van der Waals surface area (Å²) < 4.78 is 54.1. The summed E-state index contributed by atoms with van der Waals surface area (Å²) in [6.07, 6.45) is -13.2. The highest BCUT2D eigenvalue weighted by Gasteiger charge is 2.56. The van der Waals surface area contributed by atoms with Gasteiger partial charge >= 0.3 is 17.9 Å². The van der Waals surface area contributed by atoms with Crippen molar-refractivity contribution >= 4 is 17.9 Å². The number of ether oxygens (including phenoxy) is 9. The smallest absolute Gasteiger partial charge is 0.338 e. The minimum absolute atomic E-state index is 0.0139. The Bertz CT molecular complexity index is 1970. The summed E-state index contributed by atoms with van der Waals surface area (Å²) in [6, 6.07) is 33.3. The molecule has 1 N–H and O–H groups in total. The second kappa shape index (κ2) is 20.7. The second-order valence-electron chi connectivity index (χ2n) is 13.2. The largest absolute Gasteiger partial charge is 0.467 e. The van der Waals surface area contributed by atoms with Crippen molar-refractivity contribution in [3.8, 4) is 0 Å². The van der Waals surface area contributed by atoms with Gasteiger partial charge in [-0.3, -0.25) is 0 Å². The fraction of sp³-hybridized carbons (Fsp3) is 0.357. The normalized spacial score (nSPS) is 26.7. The standard InChI is InChI=1S/C42H43N3O13/c1-50-40(49)36-32(46)35(53-24-27-17-9-4-10-18-27)37(56-39(48)29-21-13-6-14-22-29)42(58-36)57-33-30(25-54-38(47)28-19-11-5-12-20-28)55-41(51-2)31(44-45-43)34(33)52-23-26-15-7-3-8-16-26/h3-22,30-37,41-42,46H,23-25H2,1-2H3/t30?,31-,32-,33+,34?,35+,36?,37?,41-,42+/m0/s1. The number of carbonyl (C=O) groups is 3. The lowest BCUT2D eigenvalue weighted by molar-refractivity contribution is -0.347. The Morgan fingerprint density at radius 1 is 0.690 bits per heavy atom. The van der Waals surface area contributed by atoms with Gasteiger partial charge in [-0.15, -0.1) is 0 Å². The molecular weight excluding hydrogens is 754 g/mol. The Hall–Kier alpha value is -5.68. The van der Waals surface area contributed by atoms with E-state index in [1.54, 1.807) is 72.8 Å². The van der Waals surface area contributed by atoms with Gasteiger partial charge in [0.15, 0.2) is 24.8 Å². The van der Waals surface area contributed by atoms with E-state index in [9.17, 15) is 25.0 Å². The molecule has 0 spiro atoms. The van der Waals surface area contributed by atoms with Crippen molar-refractivity contribution in [2.24, 2.45) is 5.11 Å². The van der Waals surface area contributed by atoms with Gasteiger partial charge in [0.25, 0.3) is 0 Å². The molecule has 0 bridgehead atoms. The first kappa shape index (κ1) is 41.9. The fourth-order valence-corrected chi connectivity index (χ4v) is 6.59. The van der Waals surface area contributed by atoms with Gasteiger partial charge < -0.3 is 47.7 Å². The number of carbonyl (C=O) groups excluding carboxylic acids is 3. The Labute approximate surface area is 334 Å². The van der Waals surface area contributed by atoms with E-state index in [0.29, 0.717) is 5.56 Å². The van der Waals surface area contributed by atoms with Crippen molar-refractivity contribution in [2.75, 3.05) is 20.8 Å². The van der Waals surface area contributed by atoms with Crippen molar-refractivity contribution in [3.63, 3.8) is 0 Å². The van der Waals surface area contributed by atoms with Crippen LogP contribution in [0.25, 0.3) is 10.4 Å². The van der Waals surface area contributed by atoms with Crippen LogP contribution in [0.15, 0.2) is 126 Å². The molecule has 304 valence electrons. The zero-order chi connectivity index (χ0) is 40.9. The van der Waals surface area contributed by atoms with E-state index in [1.165, 1.54) is 19.2 Å². The van der Waals surface area contributed by atoms with E-state index in [4.69, 9.17) is 42.6 Å². The molecule has 6 rings (SSSR count). The molecule has 2 aliphatic rings. The van der Waals surface area contributed by atoms with Gasteiger partial charge in [0, 0.05) is 12.0 Å². The van der Waals surface area contributed by atoms with Gasteiger partial charge in [-0.2, -0.15) is 0 Å². The van der Waals surface area contributed by atoms with E-state index in [-0.39, 0.29) is 24.3 Å². The highest BCUT2D eigenvalue weighted by atomic mass is 16.8. The topological polar surface area (TPSA) is 203 Å². The first-order chi connectivity index (χ1) is 28.3. The van der Waals surface area contributed by atoms with E-state index in [1.807, 2.05) is 36.4 Å². The van der Waals surface area contributed by atoms with Gasteiger partial charge in [0.2, 0.25) is 0 Å². The number of methoxy groups -OCH3 is 2. The third-order valence-corrected chi connectivity index (χ3v) is 9.49. The van der Waals surface area contributed by atoms with Crippen molar-refractivity contribution in [1.82, 2.24) is 0 Å². The number of aliphatic hydroxyl groups excluding tert-OH is 1. The Morgan fingerprint density at radius 2 is 1.22 bits per heavy atom. The average molecular weight is 798 g/mol. The molecule has 4 aromatic rings. The predicted octanol–water partition coefficient (Wildman–Crippen LogP) is 4.93. The zero-order valence-electron chi connectivity index (χ0n) is 31.6. The number of hydrogen-bond donors (Lipinski definition) is 1. The third kappa shape index (κ3) is 10.4. The quantitative estimate of drug-likeness (QED) is 0.0526. The Balaban J connectivity index is 1.41. The van der Waals surface area contributed by atoms with Crippen LogP contribution < -0.4 is 0 Å². The molecule has 0 aliphatic carbocycles. The molecule has 2 fully saturated rings. The van der Waals surface area contributed by atoms with Crippen molar-refractivity contribution in [1.29, 1.82) is 0 Å². The molecule has 58 heavy (non-hydrogen) atoms. The molecule has 16 heteroatoms. The summed E-state index contributed by atoms with van der Waals surface area (Å²) in [5, 5.41) is 15.6. The number of aliphatic hydroxyl groups is 1. The van der Waals surface area contributed by atoms with Crippen molar-refractivity contribution < 1.29 is 62.1 Å². The highest BCUT2D eigenvalue weighted by Crippen LogP contribution is 2.35. The van der Waals surface area contributed by atoms with Crippen LogP contribution in [-0.2, 0) is 60.6 Å². The molecule has 0 radical (unpaired) electrons. The summed E-state index contributed by atoms with van der Waals surface area (Å²) in [5.41, 5.74) is 11.6. The molecule has 4 aromatic carbocycles. The summed E-state index contributed by atoms with van der Waals surface area (Å²) in [6.45, 7) is -0.533. The van der Waals surface area contributed by atoms with Gasteiger partial charge in [-0.1, -0.05) is 102 Å². The van der Waals surface area contributed by atoms with Crippen LogP contribution in [0.2, 0.25) is 0 Å². The lowest BCUT2D eigenvalue weighted by Gasteiger charge is -2.48. The first-order valence-electron chi connectivity index (χ1n) is 18.4. The van der Waals surface area contributed by atoms with Crippen LogP contribution in [0, 0.1) is 0 Å². The number of nitrogens with zero attached hydrogens (tertiary/aromatic N) is 3. The minimum Gasteiger partial charge on any atom is -0.467 e. The maximum atomic E-state index is 13.7. The minimum atomic E-state index is -1.73. The Morgan fingerprint density at radius 3 is 1.76 bits per heavy atom. The summed E-state index contributed by atoms with van der Waals surface area (Å²) in [5.74, 6) is -2.47. The van der Waals surface area contributed by atoms with Crippen molar-refractivity contribution in [2.45, 2.75) is 74.6 Å². The zero-order valence-corrected chi connectivity index (χ0v) is 31.6. The third-order valence-electron chi connectivity index (χ3n) is 9.49. The highest BCUT2D eigenvalue weighted by molar-refractivity contribution is 5.90. The van der Waals surface area contributed by atoms with Crippen LogP contribution in [0.4, 0.5) is 0 Å². The van der Waals surface area contributed by atoms with Gasteiger partial charge in [-0.25, -0.2) is 14.4 Å². The molecule has 4 unspecified atom stereocenters. The SMILES string of the molecule is COC(=O)C1O[C@@H](O[C@@H]2C(COC(=O)c3ccccc3)O[C@H](OC)[C@@H](N=[N+]=[N-])C2OCc2ccccc2)C(OC(=O)c2ccccc2)[C@H](OCc2ccccc2)[C@@H]1O. The molecule has 16 nitrogen and oxygen atoms in total. The van der Waals surface area contributed by atoms with Crippen LogP contribution in [-0.4, -0.2) is 105 Å². The van der Waals surface area contributed by atoms with E-state index < -0.39 is 85.9 Å². The molecule has 0 amide bonds. The van der Waals surface area contributed by atoms with E-state index in [0.717, 1.165) is 12.7 Å². The lowest BCUT2D eigenvalue weighted by atomic mass is 9.95. The van der Waals surface area contributed by atoms with Crippen molar-refractivity contribution in [3.05, 3.63) is 154 Å². The van der Waals surface area contributed by atoms with Crippen LogP contribution in [0.1, 0.15) is 31.8 Å². The first-order valence-corrected chi connectivity index (χ1v) is 18.4. The molecule has 2 saturated heterocycles. The molecule has 0 saturated carbocycles. The Kier molecular flexibility index (Phi) is 14.9. The van der Waals surface area contributed by atoms with Gasteiger partial charge in [0.1, 0.15) is 43.2 Å². The van der Waals surface area contributed by atoms with Crippen LogP contribution in [0.3, 0.4) is 0 Å². The number of benzene rings is 4. The maximum absolute atomic E-state index is 13.7. The maximum Gasteiger partial charge on any atom is 0.338 e. The molecule has 10 atom stereocenters. The van der Waals surface area contributed by atoms with Gasteiger partial charge in [-0.05, 0) is 40.9 Å². The molecule has 0 aromatic heterocycles.